The van der Waals surface area contributed by atoms with Crippen molar-refractivity contribution in [3.8, 4) is 0 Å². The largest absolute Gasteiger partial charge is 0.352 e. The van der Waals surface area contributed by atoms with Crippen LogP contribution >= 0.6 is 23.6 Å². The predicted molar refractivity (Wildman–Crippen MR) is 141 cm³/mol. The number of H-pyrrole nitrogens is 1. The Hall–Kier alpha value is -3.30. The van der Waals surface area contributed by atoms with Crippen LogP contribution in [0.1, 0.15) is 56.8 Å². The van der Waals surface area contributed by atoms with Crippen molar-refractivity contribution < 1.29 is 9.59 Å². The second kappa shape index (κ2) is 9.75. The summed E-state index contributed by atoms with van der Waals surface area (Å²) in [5, 5.41) is 6.42. The smallest absolute Gasteiger partial charge is 0.265 e. The fourth-order valence-corrected chi connectivity index (χ4v) is 5.87. The zero-order chi connectivity index (χ0) is 24.5. The molecule has 0 bridgehead atoms. The Labute approximate surface area is 211 Å². The summed E-state index contributed by atoms with van der Waals surface area (Å²) in [4.78, 5) is 41.8. The maximum Gasteiger partial charge on any atom is 0.265 e. The molecule has 0 unspecified atom stereocenters. The number of nitrogens with zero attached hydrogens (tertiary/aromatic N) is 1. The van der Waals surface area contributed by atoms with E-state index in [0.717, 1.165) is 49.0 Å². The summed E-state index contributed by atoms with van der Waals surface area (Å²) in [6, 6.07) is 13.3. The minimum absolute atomic E-state index is 0.153. The van der Waals surface area contributed by atoms with E-state index in [1.165, 1.54) is 5.56 Å². The summed E-state index contributed by atoms with van der Waals surface area (Å²) >= 11 is 6.73. The van der Waals surface area contributed by atoms with Crippen LogP contribution in [0.4, 0.5) is 0 Å². The molecule has 1 aliphatic rings. The number of amides is 2. The van der Waals surface area contributed by atoms with E-state index in [1.54, 1.807) is 22.6 Å². The van der Waals surface area contributed by atoms with E-state index in [2.05, 4.69) is 39.9 Å². The normalized spacial score (nSPS) is 14.0. The topological polar surface area (TPSA) is 95.5 Å². The molecule has 1 fully saturated rings. The van der Waals surface area contributed by atoms with Gasteiger partial charge < -0.3 is 15.6 Å². The Balaban J connectivity index is 1.43. The fourth-order valence-electron chi connectivity index (χ4n) is 4.58. The molecule has 180 valence electrons. The highest BCUT2D eigenvalue weighted by Crippen LogP contribution is 2.25. The van der Waals surface area contributed by atoms with Gasteiger partial charge >= 0.3 is 0 Å². The van der Waals surface area contributed by atoms with E-state index in [-0.39, 0.29) is 23.4 Å². The molecule has 0 atom stereocenters. The highest BCUT2D eigenvalue weighted by molar-refractivity contribution is 7.73. The van der Waals surface area contributed by atoms with Gasteiger partial charge in [0.2, 0.25) is 0 Å². The first-order valence-electron chi connectivity index (χ1n) is 11.8. The number of thiazole rings is 1. The van der Waals surface area contributed by atoms with Crippen LogP contribution in [0.25, 0.3) is 16.6 Å². The third-order valence-corrected chi connectivity index (χ3v) is 7.88. The van der Waals surface area contributed by atoms with Crippen LogP contribution in [-0.4, -0.2) is 33.8 Å². The van der Waals surface area contributed by atoms with Gasteiger partial charge in [-0.05, 0) is 62.2 Å². The van der Waals surface area contributed by atoms with E-state index in [0.29, 0.717) is 37.5 Å². The molecule has 5 rings (SSSR count). The maximum absolute atomic E-state index is 13.0. The fraction of sp³-hybridized carbons (Fsp3) is 0.308. The molecule has 35 heavy (non-hydrogen) atoms. The van der Waals surface area contributed by atoms with Gasteiger partial charge in [-0.15, -0.1) is 0 Å². The summed E-state index contributed by atoms with van der Waals surface area (Å²) in [5.41, 5.74) is 3.32. The molecule has 0 saturated heterocycles. The van der Waals surface area contributed by atoms with Crippen LogP contribution in [0.15, 0.2) is 47.3 Å². The van der Waals surface area contributed by atoms with E-state index in [9.17, 15) is 14.4 Å². The Morgan fingerprint density at radius 3 is 2.60 bits per heavy atom. The molecule has 9 heteroatoms. The lowest BCUT2D eigenvalue weighted by Gasteiger charge is -2.11. The molecule has 0 aliphatic heterocycles. The molecular weight excluding hydrogens is 480 g/mol. The summed E-state index contributed by atoms with van der Waals surface area (Å²) < 4.78 is 2.12. The number of rotatable bonds is 6. The van der Waals surface area contributed by atoms with Gasteiger partial charge in [0, 0.05) is 18.2 Å². The van der Waals surface area contributed by atoms with E-state index in [4.69, 9.17) is 12.2 Å². The van der Waals surface area contributed by atoms with Crippen molar-refractivity contribution in [1.82, 2.24) is 20.0 Å². The molecule has 4 aromatic rings. The van der Waals surface area contributed by atoms with Crippen molar-refractivity contribution in [2.24, 2.45) is 0 Å². The number of nitrogens with one attached hydrogen (secondary N) is 3. The molecule has 1 saturated carbocycles. The minimum atomic E-state index is -0.325. The number of hydrogen-bond donors (Lipinski definition) is 3. The number of aryl methyl sites for hydroxylation is 1. The summed E-state index contributed by atoms with van der Waals surface area (Å²) in [6.07, 6.45) is 4.86. The second-order valence-electron chi connectivity index (χ2n) is 9.01. The zero-order valence-corrected chi connectivity index (χ0v) is 21.0. The molecular formula is C26H26N4O3S2. The molecule has 2 aromatic heterocycles. The lowest BCUT2D eigenvalue weighted by atomic mass is 10.1. The van der Waals surface area contributed by atoms with Gasteiger partial charge in [-0.3, -0.25) is 18.8 Å². The maximum atomic E-state index is 13.0. The average molecular weight is 507 g/mol. The van der Waals surface area contributed by atoms with Crippen LogP contribution in [0.2, 0.25) is 0 Å². The van der Waals surface area contributed by atoms with Crippen LogP contribution in [0.5, 0.6) is 0 Å². The third kappa shape index (κ3) is 4.78. The molecule has 0 spiro atoms. The molecule has 7 nitrogen and oxygen atoms in total. The van der Waals surface area contributed by atoms with Crippen LogP contribution in [-0.2, 0) is 6.42 Å². The first-order valence-corrected chi connectivity index (χ1v) is 13.0. The van der Waals surface area contributed by atoms with E-state index in [1.807, 2.05) is 6.92 Å². The summed E-state index contributed by atoms with van der Waals surface area (Å²) in [7, 11) is 0. The van der Waals surface area contributed by atoms with Crippen molar-refractivity contribution in [2.45, 2.75) is 45.1 Å². The molecule has 2 amide bonds. The van der Waals surface area contributed by atoms with Gasteiger partial charge in [0.1, 0.15) is 10.5 Å². The molecule has 2 heterocycles. The number of aromatic nitrogens is 2. The number of benzene rings is 2. The van der Waals surface area contributed by atoms with Crippen LogP contribution in [0.3, 0.4) is 0 Å². The average Bonchev–Trinajstić information content (AvgIpc) is 3.47. The van der Waals surface area contributed by atoms with Crippen molar-refractivity contribution in [3.05, 3.63) is 78.3 Å². The SMILES string of the molecule is Cc1ccc(CCNC(=O)c2ccc3c(=O)[nH]c4c(C(=O)NC5CCCC5)sc(=S)n4c3c2)cc1. The van der Waals surface area contributed by atoms with Gasteiger partial charge in [0.05, 0.1) is 10.9 Å². The number of carbonyl (C=O) groups is 2. The van der Waals surface area contributed by atoms with E-state index >= 15 is 0 Å². The van der Waals surface area contributed by atoms with Crippen molar-refractivity contribution >= 4 is 51.9 Å². The molecule has 2 aromatic carbocycles. The number of fused-ring (bicyclic) bond motifs is 3. The highest BCUT2D eigenvalue weighted by Gasteiger charge is 2.23. The number of carbonyl (C=O) groups excluding carboxylic acids is 2. The monoisotopic (exact) mass is 506 g/mol. The lowest BCUT2D eigenvalue weighted by molar-refractivity contribution is 0.0938. The van der Waals surface area contributed by atoms with Gasteiger partial charge in [-0.2, -0.15) is 0 Å². The first-order chi connectivity index (χ1) is 16.9. The molecule has 3 N–H and O–H groups in total. The minimum Gasteiger partial charge on any atom is -0.352 e. The Bertz CT molecular complexity index is 1540. The third-order valence-electron chi connectivity index (χ3n) is 6.50. The van der Waals surface area contributed by atoms with Gasteiger partial charge in [0.25, 0.3) is 17.4 Å². The summed E-state index contributed by atoms with van der Waals surface area (Å²) in [5.74, 6) is -0.455. The Morgan fingerprint density at radius 1 is 1.11 bits per heavy atom. The van der Waals surface area contributed by atoms with Gasteiger partial charge in [-0.1, -0.05) is 54.0 Å². The molecule has 0 radical (unpaired) electrons. The van der Waals surface area contributed by atoms with Crippen molar-refractivity contribution in [3.63, 3.8) is 0 Å². The van der Waals surface area contributed by atoms with Crippen LogP contribution < -0.4 is 16.2 Å². The Kier molecular flexibility index (Phi) is 6.53. The van der Waals surface area contributed by atoms with Gasteiger partial charge in [0.15, 0.2) is 3.95 Å². The van der Waals surface area contributed by atoms with Crippen molar-refractivity contribution in [1.29, 1.82) is 0 Å². The number of aromatic amines is 1. The summed E-state index contributed by atoms with van der Waals surface area (Å²) in [6.45, 7) is 2.53. The zero-order valence-electron chi connectivity index (χ0n) is 19.3. The quantitative estimate of drug-likeness (QED) is 0.335. The van der Waals surface area contributed by atoms with Gasteiger partial charge in [-0.25, -0.2) is 0 Å². The second-order valence-corrected chi connectivity index (χ2v) is 10.7. The van der Waals surface area contributed by atoms with Crippen LogP contribution in [0, 0.1) is 10.9 Å². The van der Waals surface area contributed by atoms with E-state index < -0.39 is 0 Å². The predicted octanol–water partition coefficient (Wildman–Crippen LogP) is 4.53. The Morgan fingerprint density at radius 2 is 1.86 bits per heavy atom. The number of hydrogen-bond acceptors (Lipinski definition) is 5. The lowest BCUT2D eigenvalue weighted by Crippen LogP contribution is -2.32. The highest BCUT2D eigenvalue weighted by atomic mass is 32.1. The van der Waals surface area contributed by atoms with Crippen molar-refractivity contribution in [2.75, 3.05) is 6.54 Å². The molecule has 1 aliphatic carbocycles. The standard InChI is InChI=1S/C26H26N4O3S2/c1-15-6-8-16(9-7-15)12-13-27-23(31)17-10-11-19-20(14-17)30-22(29-24(19)32)21(35-26(30)34)25(33)28-18-4-2-3-5-18/h6-11,14,18H,2-5,12-13H2,1H3,(H,27,31)(H,28,33)(H,29,32). The first kappa shape index (κ1) is 23.4.